The van der Waals surface area contributed by atoms with Crippen LogP contribution in [0, 0.1) is 0 Å². The highest BCUT2D eigenvalue weighted by molar-refractivity contribution is 5.99. The number of amides is 1. The molecule has 0 radical (unpaired) electrons. The van der Waals surface area contributed by atoms with Crippen LogP contribution < -0.4 is 15.0 Å². The lowest BCUT2D eigenvalue weighted by Crippen LogP contribution is -2.50. The van der Waals surface area contributed by atoms with Gasteiger partial charge in [0.15, 0.2) is 17.9 Å². The van der Waals surface area contributed by atoms with E-state index in [1.807, 2.05) is 49.4 Å². The number of carbonyl (C=O) groups excluding carboxylic acids is 1. The number of ether oxygens (including phenoxy) is 2. The van der Waals surface area contributed by atoms with Gasteiger partial charge in [-0.3, -0.25) is 9.69 Å². The van der Waals surface area contributed by atoms with Gasteiger partial charge >= 0.3 is 0 Å². The summed E-state index contributed by atoms with van der Waals surface area (Å²) < 4.78 is 22.4. The molecule has 4 aromatic rings. The summed E-state index contributed by atoms with van der Waals surface area (Å²) in [5.74, 6) is 1.78. The Morgan fingerprint density at radius 1 is 1.11 bits per heavy atom. The Bertz CT molecular complexity index is 1350. The van der Waals surface area contributed by atoms with E-state index in [0.29, 0.717) is 36.5 Å². The fourth-order valence-electron chi connectivity index (χ4n) is 4.40. The Balaban J connectivity index is 1.34. The molecule has 0 aliphatic carbocycles. The van der Waals surface area contributed by atoms with E-state index in [9.17, 15) is 4.79 Å². The molecule has 10 heteroatoms. The predicted octanol–water partition coefficient (Wildman–Crippen LogP) is 4.43. The van der Waals surface area contributed by atoms with E-state index >= 15 is 0 Å². The van der Waals surface area contributed by atoms with Gasteiger partial charge in [-0.2, -0.15) is 0 Å². The maximum absolute atomic E-state index is 13.3. The van der Waals surface area contributed by atoms with Crippen LogP contribution in [0.5, 0.6) is 5.75 Å². The summed E-state index contributed by atoms with van der Waals surface area (Å²) in [6.07, 6.45) is 4.65. The van der Waals surface area contributed by atoms with Crippen LogP contribution >= 0.6 is 0 Å². The van der Waals surface area contributed by atoms with E-state index < -0.39 is 0 Å². The first kappa shape index (κ1) is 24.5. The van der Waals surface area contributed by atoms with Gasteiger partial charge < -0.3 is 28.5 Å². The summed E-state index contributed by atoms with van der Waals surface area (Å²) in [6, 6.07) is 13.3. The standard InChI is InChI=1S/C27H29N5O5/c1-18(32-10-12-35-13-11-32)26(33)31(2)22-7-5-4-6-20(22)25-16-29-27(37-25)30-19-8-9-21(23(14-19)34-3)24-15-28-17-36-24/h4-9,14-18H,10-13H2,1-3H3,(H,29,30). The maximum atomic E-state index is 13.3. The highest BCUT2D eigenvalue weighted by Crippen LogP contribution is 2.35. The minimum absolute atomic E-state index is 0.00570. The lowest BCUT2D eigenvalue weighted by Gasteiger charge is -2.33. The fraction of sp³-hybridized carbons (Fsp3) is 0.296. The Kier molecular flexibility index (Phi) is 7.20. The summed E-state index contributed by atoms with van der Waals surface area (Å²) in [5.41, 5.74) is 3.03. The van der Waals surface area contributed by atoms with Crippen molar-refractivity contribution in [3.05, 3.63) is 61.3 Å². The van der Waals surface area contributed by atoms with E-state index in [4.69, 9.17) is 18.3 Å². The number of rotatable bonds is 8. The molecule has 1 aliphatic rings. The van der Waals surface area contributed by atoms with E-state index in [-0.39, 0.29) is 11.9 Å². The van der Waals surface area contributed by atoms with Gasteiger partial charge in [0.1, 0.15) is 5.75 Å². The number of hydrogen-bond acceptors (Lipinski definition) is 9. The van der Waals surface area contributed by atoms with Crippen molar-refractivity contribution in [1.82, 2.24) is 14.9 Å². The number of morpholine rings is 1. The molecule has 1 aliphatic heterocycles. The molecule has 192 valence electrons. The van der Waals surface area contributed by atoms with E-state index in [1.54, 1.807) is 31.5 Å². The molecule has 3 heterocycles. The molecule has 1 N–H and O–H groups in total. The minimum Gasteiger partial charge on any atom is -0.496 e. The SMILES string of the molecule is COc1cc(Nc2ncc(-c3ccccc3N(C)C(=O)C(C)N3CCOCC3)o2)ccc1-c1cnco1. The number of aromatic nitrogens is 2. The van der Waals surface area contributed by atoms with Crippen molar-refractivity contribution in [2.45, 2.75) is 13.0 Å². The Morgan fingerprint density at radius 2 is 1.92 bits per heavy atom. The highest BCUT2D eigenvalue weighted by Gasteiger charge is 2.27. The molecular formula is C27H29N5O5. The van der Waals surface area contributed by atoms with Crippen LogP contribution in [0.2, 0.25) is 0 Å². The van der Waals surface area contributed by atoms with Crippen molar-refractivity contribution in [2.75, 3.05) is 50.7 Å². The monoisotopic (exact) mass is 503 g/mol. The summed E-state index contributed by atoms with van der Waals surface area (Å²) in [4.78, 5) is 25.5. The lowest BCUT2D eigenvalue weighted by molar-refractivity contribution is -0.124. The van der Waals surface area contributed by atoms with Gasteiger partial charge in [0.2, 0.25) is 5.91 Å². The number of anilines is 3. The number of oxazole rings is 2. The molecule has 37 heavy (non-hydrogen) atoms. The Hall–Kier alpha value is -4.15. The van der Waals surface area contributed by atoms with Crippen LogP contribution in [-0.4, -0.2) is 67.3 Å². The quantitative estimate of drug-likeness (QED) is 0.374. The molecule has 2 aromatic heterocycles. The molecule has 1 amide bonds. The first-order valence-electron chi connectivity index (χ1n) is 12.0. The third-order valence-corrected chi connectivity index (χ3v) is 6.47. The fourth-order valence-corrected chi connectivity index (χ4v) is 4.40. The second kappa shape index (κ2) is 10.9. The van der Waals surface area contributed by atoms with Crippen molar-refractivity contribution < 1.29 is 23.1 Å². The van der Waals surface area contributed by atoms with Crippen LogP contribution in [0.1, 0.15) is 6.92 Å². The van der Waals surface area contributed by atoms with Gasteiger partial charge in [-0.1, -0.05) is 12.1 Å². The van der Waals surface area contributed by atoms with Gasteiger partial charge in [-0.25, -0.2) is 9.97 Å². The number of methoxy groups -OCH3 is 1. The number of nitrogens with zero attached hydrogens (tertiary/aromatic N) is 4. The molecule has 1 atom stereocenters. The predicted molar refractivity (Wildman–Crippen MR) is 139 cm³/mol. The molecule has 0 saturated carbocycles. The number of nitrogens with one attached hydrogen (secondary N) is 1. The Labute approximate surface area is 214 Å². The van der Waals surface area contributed by atoms with Crippen molar-refractivity contribution in [1.29, 1.82) is 0 Å². The number of hydrogen-bond donors (Lipinski definition) is 1. The van der Waals surface area contributed by atoms with Crippen LogP contribution in [0.25, 0.3) is 22.6 Å². The average Bonchev–Trinajstić information content (AvgIpc) is 3.65. The molecule has 1 saturated heterocycles. The van der Waals surface area contributed by atoms with Crippen LogP contribution in [0.15, 0.2) is 70.1 Å². The molecule has 1 unspecified atom stereocenters. The minimum atomic E-state index is -0.260. The lowest BCUT2D eigenvalue weighted by atomic mass is 10.1. The van der Waals surface area contributed by atoms with Gasteiger partial charge in [-0.05, 0) is 31.2 Å². The molecule has 1 fully saturated rings. The van der Waals surface area contributed by atoms with Crippen molar-refractivity contribution in [3.8, 4) is 28.4 Å². The summed E-state index contributed by atoms with van der Waals surface area (Å²) in [6.45, 7) is 4.69. The topological polar surface area (TPSA) is 106 Å². The number of likely N-dealkylation sites (N-methyl/N-ethyl adjacent to an activating group) is 1. The van der Waals surface area contributed by atoms with Gasteiger partial charge in [0, 0.05) is 37.5 Å². The van der Waals surface area contributed by atoms with E-state index in [1.165, 1.54) is 6.39 Å². The summed E-state index contributed by atoms with van der Waals surface area (Å²) in [7, 11) is 3.38. The number of benzene rings is 2. The Morgan fingerprint density at radius 3 is 2.68 bits per heavy atom. The van der Waals surface area contributed by atoms with Crippen LogP contribution in [-0.2, 0) is 9.53 Å². The summed E-state index contributed by atoms with van der Waals surface area (Å²) >= 11 is 0. The van der Waals surface area contributed by atoms with E-state index in [0.717, 1.165) is 35.6 Å². The second-order valence-electron chi connectivity index (χ2n) is 8.67. The van der Waals surface area contributed by atoms with Crippen LogP contribution in [0.4, 0.5) is 17.4 Å². The third kappa shape index (κ3) is 5.20. The average molecular weight is 504 g/mol. The third-order valence-electron chi connectivity index (χ3n) is 6.47. The number of carbonyl (C=O) groups is 1. The molecule has 0 spiro atoms. The first-order chi connectivity index (χ1) is 18.0. The van der Waals surface area contributed by atoms with Crippen molar-refractivity contribution >= 4 is 23.3 Å². The first-order valence-corrected chi connectivity index (χ1v) is 12.0. The molecular weight excluding hydrogens is 474 g/mol. The van der Waals surface area contributed by atoms with Gasteiger partial charge in [0.25, 0.3) is 6.01 Å². The zero-order chi connectivity index (χ0) is 25.8. The second-order valence-corrected chi connectivity index (χ2v) is 8.67. The smallest absolute Gasteiger partial charge is 0.299 e. The number of para-hydroxylation sites is 1. The molecule has 5 rings (SSSR count). The highest BCUT2D eigenvalue weighted by atomic mass is 16.5. The largest absolute Gasteiger partial charge is 0.496 e. The molecule has 10 nitrogen and oxygen atoms in total. The maximum Gasteiger partial charge on any atom is 0.299 e. The van der Waals surface area contributed by atoms with Crippen molar-refractivity contribution in [2.24, 2.45) is 0 Å². The van der Waals surface area contributed by atoms with Crippen molar-refractivity contribution in [3.63, 3.8) is 0 Å². The molecule has 0 bridgehead atoms. The normalized spacial score (nSPS) is 14.8. The van der Waals surface area contributed by atoms with Crippen LogP contribution in [0.3, 0.4) is 0 Å². The van der Waals surface area contributed by atoms with Gasteiger partial charge in [0.05, 0.1) is 50.0 Å². The van der Waals surface area contributed by atoms with Gasteiger partial charge in [-0.15, -0.1) is 0 Å². The zero-order valence-electron chi connectivity index (χ0n) is 21.0. The summed E-state index contributed by atoms with van der Waals surface area (Å²) in [5, 5.41) is 3.17. The van der Waals surface area contributed by atoms with E-state index in [2.05, 4.69) is 20.2 Å². The zero-order valence-corrected chi connectivity index (χ0v) is 21.0. The molecule has 2 aromatic carbocycles.